The summed E-state index contributed by atoms with van der Waals surface area (Å²) in [6.45, 7) is 2.64. The van der Waals surface area contributed by atoms with Crippen molar-refractivity contribution in [2.75, 3.05) is 39.3 Å². The summed E-state index contributed by atoms with van der Waals surface area (Å²) in [5.41, 5.74) is 0.693. The van der Waals surface area contributed by atoms with Crippen molar-refractivity contribution < 1.29 is 22.7 Å². The van der Waals surface area contributed by atoms with Crippen molar-refractivity contribution in [3.05, 3.63) is 29.8 Å². The van der Waals surface area contributed by atoms with E-state index in [2.05, 4.69) is 20.3 Å². The number of nitrogens with zero attached hydrogens (tertiary/aromatic N) is 1. The van der Waals surface area contributed by atoms with E-state index < -0.39 is 12.8 Å². The molecular formula is C15H22Cl2F3N3O2. The molecule has 1 heterocycles. The molecule has 5 nitrogen and oxygen atoms in total. The van der Waals surface area contributed by atoms with E-state index in [1.54, 1.807) is 12.1 Å². The fraction of sp³-hybridized carbons (Fsp3) is 0.533. The highest BCUT2D eigenvalue weighted by Crippen LogP contribution is 2.19. The summed E-state index contributed by atoms with van der Waals surface area (Å²) in [4.78, 5) is 13.9. The smallest absolute Gasteiger partial charge is 0.422 e. The Labute approximate surface area is 157 Å². The number of ether oxygens (including phenoxy) is 1. The number of piperazine rings is 1. The number of carbonyl (C=O) groups excluding carboxylic acids is 1. The maximum Gasteiger partial charge on any atom is 0.422 e. The molecule has 0 bridgehead atoms. The Bertz CT molecular complexity index is 527. The van der Waals surface area contributed by atoms with Gasteiger partial charge in [-0.2, -0.15) is 13.2 Å². The van der Waals surface area contributed by atoms with E-state index in [0.717, 1.165) is 26.2 Å². The second-order valence-corrected chi connectivity index (χ2v) is 5.35. The fourth-order valence-corrected chi connectivity index (χ4v) is 2.24. The van der Waals surface area contributed by atoms with Crippen LogP contribution >= 0.6 is 24.8 Å². The minimum Gasteiger partial charge on any atom is -0.484 e. The highest BCUT2D eigenvalue weighted by atomic mass is 35.5. The number of hydrogen-bond donors (Lipinski definition) is 2. The molecule has 1 fully saturated rings. The average Bonchev–Trinajstić information content (AvgIpc) is 2.52. The predicted molar refractivity (Wildman–Crippen MR) is 93.6 cm³/mol. The molecule has 1 amide bonds. The summed E-state index contributed by atoms with van der Waals surface area (Å²) in [5.74, 6) is 0.0321. The first-order valence-corrected chi connectivity index (χ1v) is 7.41. The number of amides is 1. The van der Waals surface area contributed by atoms with Gasteiger partial charge in [-0.1, -0.05) is 12.1 Å². The molecule has 0 atom stereocenters. The molecule has 0 aliphatic carbocycles. The van der Waals surface area contributed by atoms with Crippen molar-refractivity contribution in [1.29, 1.82) is 0 Å². The van der Waals surface area contributed by atoms with Crippen molar-refractivity contribution in [2.45, 2.75) is 12.7 Å². The summed E-state index contributed by atoms with van der Waals surface area (Å²) >= 11 is 0. The highest BCUT2D eigenvalue weighted by molar-refractivity contribution is 5.85. The van der Waals surface area contributed by atoms with Gasteiger partial charge in [0.25, 0.3) is 0 Å². The number of alkyl halides is 3. The lowest BCUT2D eigenvalue weighted by molar-refractivity contribution is -0.153. The zero-order valence-electron chi connectivity index (χ0n) is 13.5. The SMILES string of the molecule is Cl.Cl.O=C(CN1CCNCC1)NCc1cccc(OCC(F)(F)F)c1. The number of nitrogens with one attached hydrogen (secondary N) is 2. The first kappa shape index (κ1) is 23.8. The maximum atomic E-state index is 12.1. The topological polar surface area (TPSA) is 53.6 Å². The number of halogens is 5. The van der Waals surface area contributed by atoms with Crippen LogP contribution in [0.4, 0.5) is 13.2 Å². The molecule has 0 radical (unpaired) electrons. The molecular weight excluding hydrogens is 382 g/mol. The van der Waals surface area contributed by atoms with E-state index in [-0.39, 0.29) is 43.0 Å². The van der Waals surface area contributed by atoms with Gasteiger partial charge in [0.2, 0.25) is 5.91 Å². The summed E-state index contributed by atoms with van der Waals surface area (Å²) in [6, 6.07) is 6.28. The first-order chi connectivity index (χ1) is 10.9. The van der Waals surface area contributed by atoms with E-state index >= 15 is 0 Å². The molecule has 1 aromatic carbocycles. The molecule has 0 aromatic heterocycles. The Balaban J connectivity index is 0.00000288. The van der Waals surface area contributed by atoms with E-state index in [9.17, 15) is 18.0 Å². The Kier molecular flexibility index (Phi) is 10.8. The predicted octanol–water partition coefficient (Wildman–Crippen LogP) is 1.99. The lowest BCUT2D eigenvalue weighted by Gasteiger charge is -2.26. The van der Waals surface area contributed by atoms with Crippen LogP contribution in [-0.2, 0) is 11.3 Å². The second-order valence-electron chi connectivity index (χ2n) is 5.35. The minimum absolute atomic E-state index is 0. The zero-order chi connectivity index (χ0) is 16.7. The summed E-state index contributed by atoms with van der Waals surface area (Å²) in [7, 11) is 0. The zero-order valence-corrected chi connectivity index (χ0v) is 15.1. The van der Waals surface area contributed by atoms with Crippen molar-refractivity contribution in [3.8, 4) is 5.75 Å². The third kappa shape index (κ3) is 9.74. The molecule has 1 aromatic rings. The van der Waals surface area contributed by atoms with Gasteiger partial charge >= 0.3 is 6.18 Å². The third-order valence-corrected chi connectivity index (χ3v) is 3.37. The van der Waals surface area contributed by atoms with Gasteiger partial charge in [-0.15, -0.1) is 24.8 Å². The molecule has 0 saturated carbocycles. The molecule has 144 valence electrons. The third-order valence-electron chi connectivity index (χ3n) is 3.37. The standard InChI is InChI=1S/C15H20F3N3O2.2ClH/c16-15(17,18)11-23-13-3-1-2-12(8-13)9-20-14(22)10-21-6-4-19-5-7-21;;/h1-3,8,19H,4-7,9-11H2,(H,20,22);2*1H. The number of benzene rings is 1. The van der Waals surface area contributed by atoms with Crippen LogP contribution < -0.4 is 15.4 Å². The molecule has 1 aliphatic rings. The van der Waals surface area contributed by atoms with E-state index in [0.29, 0.717) is 12.1 Å². The van der Waals surface area contributed by atoms with Crippen molar-refractivity contribution >= 4 is 30.7 Å². The van der Waals surface area contributed by atoms with E-state index in [1.807, 2.05) is 0 Å². The van der Waals surface area contributed by atoms with Crippen molar-refractivity contribution in [1.82, 2.24) is 15.5 Å². The van der Waals surface area contributed by atoms with Gasteiger partial charge in [-0.25, -0.2) is 0 Å². The molecule has 1 aliphatic heterocycles. The highest BCUT2D eigenvalue weighted by Gasteiger charge is 2.28. The minimum atomic E-state index is -4.37. The molecule has 1 saturated heterocycles. The van der Waals surface area contributed by atoms with Crippen molar-refractivity contribution in [2.24, 2.45) is 0 Å². The van der Waals surface area contributed by atoms with Gasteiger partial charge in [0.1, 0.15) is 5.75 Å². The van der Waals surface area contributed by atoms with Crippen LogP contribution in [0.3, 0.4) is 0 Å². The van der Waals surface area contributed by atoms with Crippen LogP contribution in [0.15, 0.2) is 24.3 Å². The monoisotopic (exact) mass is 403 g/mol. The number of rotatable bonds is 6. The van der Waals surface area contributed by atoms with Crippen LogP contribution in [0.2, 0.25) is 0 Å². The first-order valence-electron chi connectivity index (χ1n) is 7.41. The van der Waals surface area contributed by atoms with Gasteiger partial charge in [0.15, 0.2) is 6.61 Å². The lowest BCUT2D eigenvalue weighted by atomic mass is 10.2. The van der Waals surface area contributed by atoms with Gasteiger partial charge < -0.3 is 15.4 Å². The van der Waals surface area contributed by atoms with Crippen LogP contribution in [-0.4, -0.2) is 56.3 Å². The van der Waals surface area contributed by atoms with Crippen LogP contribution in [0, 0.1) is 0 Å². The molecule has 0 spiro atoms. The van der Waals surface area contributed by atoms with E-state index in [4.69, 9.17) is 0 Å². The molecule has 2 N–H and O–H groups in total. The summed E-state index contributed by atoms with van der Waals surface area (Å²) < 4.78 is 41.1. The van der Waals surface area contributed by atoms with Gasteiger partial charge in [0.05, 0.1) is 6.54 Å². The van der Waals surface area contributed by atoms with Gasteiger partial charge in [0, 0.05) is 32.7 Å². The molecule has 2 rings (SSSR count). The molecule has 0 unspecified atom stereocenters. The van der Waals surface area contributed by atoms with Crippen LogP contribution in [0.5, 0.6) is 5.75 Å². The van der Waals surface area contributed by atoms with Crippen molar-refractivity contribution in [3.63, 3.8) is 0 Å². The largest absolute Gasteiger partial charge is 0.484 e. The normalized spacial score (nSPS) is 14.8. The number of carbonyl (C=O) groups is 1. The Morgan fingerprint density at radius 1 is 1.24 bits per heavy atom. The van der Waals surface area contributed by atoms with Gasteiger partial charge in [-0.05, 0) is 17.7 Å². The maximum absolute atomic E-state index is 12.1. The average molecular weight is 404 g/mol. The Morgan fingerprint density at radius 2 is 1.92 bits per heavy atom. The second kappa shape index (κ2) is 11.4. The van der Waals surface area contributed by atoms with Gasteiger partial charge in [-0.3, -0.25) is 9.69 Å². The lowest BCUT2D eigenvalue weighted by Crippen LogP contribution is -2.47. The van der Waals surface area contributed by atoms with Crippen LogP contribution in [0.25, 0.3) is 0 Å². The van der Waals surface area contributed by atoms with Crippen LogP contribution in [0.1, 0.15) is 5.56 Å². The Morgan fingerprint density at radius 3 is 2.56 bits per heavy atom. The Hall–Kier alpha value is -1.22. The summed E-state index contributed by atoms with van der Waals surface area (Å²) in [6.07, 6.45) is -4.37. The fourth-order valence-electron chi connectivity index (χ4n) is 2.24. The van der Waals surface area contributed by atoms with E-state index in [1.165, 1.54) is 12.1 Å². The molecule has 25 heavy (non-hydrogen) atoms. The molecule has 10 heteroatoms. The number of hydrogen-bond acceptors (Lipinski definition) is 4. The summed E-state index contributed by atoms with van der Waals surface area (Å²) in [5, 5.41) is 5.97. The quantitative estimate of drug-likeness (QED) is 0.762.